The number of nitrogens with one attached hydrogen (secondary N) is 1. The van der Waals surface area contributed by atoms with Crippen molar-refractivity contribution in [1.29, 1.82) is 0 Å². The molecule has 0 fully saturated rings. The van der Waals surface area contributed by atoms with Gasteiger partial charge in [0.05, 0.1) is 21.4 Å². The summed E-state index contributed by atoms with van der Waals surface area (Å²) in [7, 11) is 1.79. The molecule has 2 aromatic carbocycles. The summed E-state index contributed by atoms with van der Waals surface area (Å²) in [5, 5.41) is 22.5. The highest BCUT2D eigenvalue weighted by Gasteiger charge is 2.15. The summed E-state index contributed by atoms with van der Waals surface area (Å²) in [4.78, 5) is 22.6. The molecule has 0 spiro atoms. The van der Waals surface area contributed by atoms with E-state index in [1.807, 2.05) is 26.0 Å². The number of carbonyl (C=O) groups is 1. The summed E-state index contributed by atoms with van der Waals surface area (Å²) < 4.78 is 7.57. The Morgan fingerprint density at radius 1 is 1.23 bits per heavy atom. The maximum Gasteiger partial charge on any atom is 0.271 e. The molecule has 1 N–H and O–H groups in total. The number of nitro benzene ring substituents is 1. The second-order valence-electron chi connectivity index (χ2n) is 6.83. The number of halogens is 1. The third-order valence-electron chi connectivity index (χ3n) is 4.26. The van der Waals surface area contributed by atoms with Crippen LogP contribution in [-0.4, -0.2) is 31.3 Å². The Morgan fingerprint density at radius 3 is 2.61 bits per heavy atom. The molecule has 0 unspecified atom stereocenters. The van der Waals surface area contributed by atoms with Crippen molar-refractivity contribution in [3.05, 3.63) is 68.5 Å². The van der Waals surface area contributed by atoms with Crippen molar-refractivity contribution in [3.63, 3.8) is 0 Å². The number of carbonyl (C=O) groups excluding carboxylic acids is 1. The van der Waals surface area contributed by atoms with E-state index >= 15 is 0 Å². The quantitative estimate of drug-likeness (QED) is 0.302. The molecule has 0 saturated carbocycles. The SMILES string of the molecule is Cc1cc(C)cc(OCc2nnc(SCC(=O)Nc3cc([N+](=O)[O-])ccc3Cl)n2C)c1. The second kappa shape index (κ2) is 9.80. The van der Waals surface area contributed by atoms with E-state index in [0.717, 1.165) is 16.9 Å². The molecule has 1 aromatic heterocycles. The fourth-order valence-electron chi connectivity index (χ4n) is 2.80. The van der Waals surface area contributed by atoms with Gasteiger partial charge in [0.15, 0.2) is 11.0 Å². The van der Waals surface area contributed by atoms with E-state index in [4.69, 9.17) is 16.3 Å². The van der Waals surface area contributed by atoms with Gasteiger partial charge in [0, 0.05) is 19.2 Å². The molecular weight excluding hydrogens is 442 g/mol. The zero-order valence-corrected chi connectivity index (χ0v) is 18.7. The van der Waals surface area contributed by atoms with Gasteiger partial charge in [-0.1, -0.05) is 29.4 Å². The van der Waals surface area contributed by atoms with Crippen molar-refractivity contribution in [2.45, 2.75) is 25.6 Å². The molecule has 11 heteroatoms. The number of rotatable bonds is 8. The highest BCUT2D eigenvalue weighted by atomic mass is 35.5. The zero-order valence-electron chi connectivity index (χ0n) is 17.1. The number of ether oxygens (including phenoxy) is 1. The molecule has 0 aliphatic rings. The summed E-state index contributed by atoms with van der Waals surface area (Å²) in [6, 6.07) is 9.82. The van der Waals surface area contributed by atoms with Gasteiger partial charge in [0.1, 0.15) is 12.4 Å². The number of amides is 1. The van der Waals surface area contributed by atoms with Gasteiger partial charge in [-0.3, -0.25) is 14.9 Å². The van der Waals surface area contributed by atoms with Crippen molar-refractivity contribution in [3.8, 4) is 5.75 Å². The summed E-state index contributed by atoms with van der Waals surface area (Å²) in [6.07, 6.45) is 0. The van der Waals surface area contributed by atoms with Gasteiger partial charge < -0.3 is 14.6 Å². The van der Waals surface area contributed by atoms with E-state index in [0.29, 0.717) is 11.0 Å². The first kappa shape index (κ1) is 22.6. The normalized spacial score (nSPS) is 10.7. The molecule has 0 saturated heterocycles. The van der Waals surface area contributed by atoms with Crippen LogP contribution in [-0.2, 0) is 18.4 Å². The number of anilines is 1. The molecule has 3 aromatic rings. The molecule has 162 valence electrons. The lowest BCUT2D eigenvalue weighted by molar-refractivity contribution is -0.384. The van der Waals surface area contributed by atoms with Crippen LogP contribution in [0.1, 0.15) is 17.0 Å². The molecule has 0 atom stereocenters. The Bertz CT molecular complexity index is 1110. The lowest BCUT2D eigenvalue weighted by atomic mass is 10.1. The number of hydrogen-bond acceptors (Lipinski definition) is 7. The van der Waals surface area contributed by atoms with Crippen molar-refractivity contribution in [2.75, 3.05) is 11.1 Å². The minimum absolute atomic E-state index is 0.0307. The van der Waals surface area contributed by atoms with Crippen molar-refractivity contribution < 1.29 is 14.5 Å². The van der Waals surface area contributed by atoms with E-state index < -0.39 is 4.92 Å². The third-order valence-corrected chi connectivity index (χ3v) is 5.61. The number of aromatic nitrogens is 3. The third kappa shape index (κ3) is 5.96. The summed E-state index contributed by atoms with van der Waals surface area (Å²) in [5.41, 5.74) is 2.24. The van der Waals surface area contributed by atoms with Crippen LogP contribution in [0.5, 0.6) is 5.75 Å². The molecule has 1 heterocycles. The molecule has 31 heavy (non-hydrogen) atoms. The van der Waals surface area contributed by atoms with Crippen molar-refractivity contribution >= 4 is 40.6 Å². The fourth-order valence-corrected chi connectivity index (χ4v) is 3.69. The molecular formula is C20H20ClN5O4S. The van der Waals surface area contributed by atoms with E-state index in [9.17, 15) is 14.9 Å². The first-order valence-electron chi connectivity index (χ1n) is 9.19. The lowest BCUT2D eigenvalue weighted by Crippen LogP contribution is -2.15. The largest absolute Gasteiger partial charge is 0.486 e. The van der Waals surface area contributed by atoms with Gasteiger partial charge in [0.2, 0.25) is 5.91 Å². The number of benzene rings is 2. The van der Waals surface area contributed by atoms with E-state index in [-0.39, 0.29) is 34.7 Å². The van der Waals surface area contributed by atoms with E-state index in [1.54, 1.807) is 11.6 Å². The topological polar surface area (TPSA) is 112 Å². The second-order valence-corrected chi connectivity index (χ2v) is 8.18. The van der Waals surface area contributed by atoms with Crippen molar-refractivity contribution in [2.24, 2.45) is 7.05 Å². The number of hydrogen-bond donors (Lipinski definition) is 1. The summed E-state index contributed by atoms with van der Waals surface area (Å²) in [6.45, 7) is 4.24. The Balaban J connectivity index is 1.58. The predicted molar refractivity (Wildman–Crippen MR) is 119 cm³/mol. The highest BCUT2D eigenvalue weighted by molar-refractivity contribution is 7.99. The smallest absolute Gasteiger partial charge is 0.271 e. The first-order chi connectivity index (χ1) is 14.7. The Morgan fingerprint density at radius 2 is 1.94 bits per heavy atom. The number of aryl methyl sites for hydroxylation is 2. The van der Waals surface area contributed by atoms with Crippen LogP contribution in [0.4, 0.5) is 11.4 Å². The van der Waals surface area contributed by atoms with Crippen LogP contribution in [0.2, 0.25) is 5.02 Å². The van der Waals surface area contributed by atoms with Crippen LogP contribution in [0.25, 0.3) is 0 Å². The van der Waals surface area contributed by atoms with Gasteiger partial charge in [0.25, 0.3) is 5.69 Å². The van der Waals surface area contributed by atoms with Crippen LogP contribution < -0.4 is 10.1 Å². The first-order valence-corrected chi connectivity index (χ1v) is 10.5. The molecule has 3 rings (SSSR count). The van der Waals surface area contributed by atoms with Gasteiger partial charge >= 0.3 is 0 Å². The maximum atomic E-state index is 12.3. The molecule has 0 aliphatic heterocycles. The monoisotopic (exact) mass is 461 g/mol. The van der Waals surface area contributed by atoms with E-state index in [2.05, 4.69) is 21.6 Å². The lowest BCUT2D eigenvalue weighted by Gasteiger charge is -2.09. The molecule has 1 amide bonds. The van der Waals surface area contributed by atoms with Gasteiger partial charge in [-0.05, 0) is 43.2 Å². The molecule has 0 bridgehead atoms. The zero-order chi connectivity index (χ0) is 22.5. The fraction of sp³-hybridized carbons (Fsp3) is 0.250. The number of thioether (sulfide) groups is 1. The maximum absolute atomic E-state index is 12.3. The van der Waals surface area contributed by atoms with Gasteiger partial charge in [-0.15, -0.1) is 10.2 Å². The molecule has 9 nitrogen and oxygen atoms in total. The molecule has 0 radical (unpaired) electrons. The summed E-state index contributed by atoms with van der Waals surface area (Å²) >= 11 is 7.19. The van der Waals surface area contributed by atoms with E-state index in [1.165, 1.54) is 30.0 Å². The Kier molecular flexibility index (Phi) is 7.13. The van der Waals surface area contributed by atoms with Crippen LogP contribution in [0.15, 0.2) is 41.6 Å². The average molecular weight is 462 g/mol. The minimum Gasteiger partial charge on any atom is -0.486 e. The van der Waals surface area contributed by atoms with Gasteiger partial charge in [-0.25, -0.2) is 0 Å². The standard InChI is InChI=1S/C20H20ClN5O4S/c1-12-6-13(2)8-15(7-12)30-10-18-23-24-20(25(18)3)31-11-19(27)22-17-9-14(26(28)29)4-5-16(17)21/h4-9H,10-11H2,1-3H3,(H,22,27). The van der Waals surface area contributed by atoms with Crippen LogP contribution in [0, 0.1) is 24.0 Å². The number of nitrogens with zero attached hydrogens (tertiary/aromatic N) is 4. The minimum atomic E-state index is -0.554. The Labute approximate surface area is 187 Å². The van der Waals surface area contributed by atoms with Crippen LogP contribution >= 0.6 is 23.4 Å². The molecule has 0 aliphatic carbocycles. The van der Waals surface area contributed by atoms with Crippen molar-refractivity contribution in [1.82, 2.24) is 14.8 Å². The summed E-state index contributed by atoms with van der Waals surface area (Å²) in [5.74, 6) is 1.03. The van der Waals surface area contributed by atoms with Crippen LogP contribution in [0.3, 0.4) is 0 Å². The predicted octanol–water partition coefficient (Wildman–Crippen LogP) is 4.30. The Hall–Kier alpha value is -3.11. The number of non-ortho nitro benzene ring substituents is 1. The highest BCUT2D eigenvalue weighted by Crippen LogP contribution is 2.27. The average Bonchev–Trinajstić information content (AvgIpc) is 3.05. The van der Waals surface area contributed by atoms with Gasteiger partial charge in [-0.2, -0.15) is 0 Å². The number of nitro groups is 1.